The summed E-state index contributed by atoms with van der Waals surface area (Å²) in [5.41, 5.74) is 37.3. The van der Waals surface area contributed by atoms with E-state index >= 15 is 0 Å². The highest BCUT2D eigenvalue weighted by atomic mass is 15.5. The first-order valence-electron chi connectivity index (χ1n) is 38.3. The molecule has 4 heterocycles. The lowest BCUT2D eigenvalue weighted by Gasteiger charge is -2.10. The van der Waals surface area contributed by atoms with Crippen LogP contribution in [0, 0.1) is 0 Å². The summed E-state index contributed by atoms with van der Waals surface area (Å²) in [6, 6.07) is 146. The molecular formula is C106H72N8. The minimum absolute atomic E-state index is 0.833. The minimum Gasteiger partial charge on any atom is -0.265 e. The molecule has 536 valence electrons. The molecule has 0 fully saturated rings. The molecule has 8 nitrogen and oxygen atoms in total. The standard InChI is InChI=1S/2C53H36N4/c1-3-8-37(9-4-1)39-13-17-41(18-14-39)43-21-23-46(24-22-43)49-34-51(47-27-25-44(26-28-47)42-19-15-40(16-20-42)38-10-5-2-6-11-38)53-52(35-49)55-57(56-53)50-31-29-45(30-32-50)48-12-7-33-54-36-48;1-3-7-37(8-4-1)39-11-15-41(16-12-39)43-19-21-46(22-20-43)49-35-51(48-25-23-44(24-26-48)42-17-13-40(14-18-42)38-9-5-2-6-10-38)53-52(36-49)55-57(56-53)50-29-27-45(28-30-50)47-31-33-54-34-32-47/h2*1-36H. The summed E-state index contributed by atoms with van der Waals surface area (Å²) >= 11 is 0. The summed E-state index contributed by atoms with van der Waals surface area (Å²) in [6.07, 6.45) is 7.30. The largest absolute Gasteiger partial charge is 0.265 e. The van der Waals surface area contributed by atoms with Gasteiger partial charge in [-0.3, -0.25) is 9.97 Å². The van der Waals surface area contributed by atoms with E-state index in [0.717, 1.165) is 111 Å². The van der Waals surface area contributed by atoms with Crippen LogP contribution in [0.25, 0.3) is 189 Å². The Morgan fingerprint density at radius 3 is 0.632 bits per heavy atom. The van der Waals surface area contributed by atoms with Crippen LogP contribution in [0.2, 0.25) is 0 Å². The summed E-state index contributed by atoms with van der Waals surface area (Å²) in [5, 5.41) is 20.3. The van der Waals surface area contributed by atoms with Crippen molar-refractivity contribution in [2.24, 2.45) is 0 Å². The van der Waals surface area contributed by atoms with E-state index in [1.807, 2.05) is 61.1 Å². The van der Waals surface area contributed by atoms with Crippen molar-refractivity contribution >= 4 is 22.1 Å². The first kappa shape index (κ1) is 69.1. The summed E-state index contributed by atoms with van der Waals surface area (Å²) in [5.74, 6) is 0. The number of nitrogens with zero attached hydrogens (tertiary/aromatic N) is 8. The van der Waals surface area contributed by atoms with Gasteiger partial charge < -0.3 is 0 Å². The average molecular weight is 1460 g/mol. The number of hydrogen-bond donors (Lipinski definition) is 0. The lowest BCUT2D eigenvalue weighted by molar-refractivity contribution is 0.766. The number of pyridine rings is 2. The van der Waals surface area contributed by atoms with Crippen LogP contribution in [0.3, 0.4) is 0 Å². The van der Waals surface area contributed by atoms with Crippen LogP contribution >= 0.6 is 0 Å². The molecule has 20 rings (SSSR count). The van der Waals surface area contributed by atoms with Gasteiger partial charge in [-0.2, -0.15) is 9.59 Å². The molecule has 0 aliphatic rings. The molecule has 0 N–H and O–H groups in total. The summed E-state index contributed by atoms with van der Waals surface area (Å²) in [7, 11) is 0. The molecule has 0 saturated carbocycles. The highest BCUT2D eigenvalue weighted by Crippen LogP contribution is 2.40. The molecule has 0 amide bonds. The summed E-state index contributed by atoms with van der Waals surface area (Å²) < 4.78 is 0. The molecule has 0 aliphatic heterocycles. The van der Waals surface area contributed by atoms with Crippen LogP contribution in [0.4, 0.5) is 0 Å². The second-order valence-electron chi connectivity index (χ2n) is 28.4. The number of fused-ring (bicyclic) bond motifs is 2. The van der Waals surface area contributed by atoms with Crippen LogP contribution < -0.4 is 0 Å². The fraction of sp³-hybridized carbons (Fsp3) is 0. The van der Waals surface area contributed by atoms with Gasteiger partial charge in [-0.25, -0.2) is 0 Å². The Labute approximate surface area is 662 Å². The maximum absolute atomic E-state index is 5.09. The van der Waals surface area contributed by atoms with Gasteiger partial charge in [0.25, 0.3) is 0 Å². The van der Waals surface area contributed by atoms with Crippen molar-refractivity contribution in [1.29, 1.82) is 0 Å². The molecule has 8 heteroatoms. The van der Waals surface area contributed by atoms with Gasteiger partial charge in [-0.1, -0.05) is 346 Å². The van der Waals surface area contributed by atoms with Gasteiger partial charge in [0, 0.05) is 35.9 Å². The third kappa shape index (κ3) is 14.8. The Morgan fingerprint density at radius 1 is 0.149 bits per heavy atom. The van der Waals surface area contributed by atoms with Crippen LogP contribution in [0.1, 0.15) is 0 Å². The average Bonchev–Trinajstić information content (AvgIpc) is 1.57. The van der Waals surface area contributed by atoms with E-state index in [9.17, 15) is 0 Å². The molecule has 0 saturated heterocycles. The van der Waals surface area contributed by atoms with E-state index in [0.29, 0.717) is 0 Å². The number of rotatable bonds is 16. The zero-order valence-corrected chi connectivity index (χ0v) is 62.1. The topological polar surface area (TPSA) is 87.2 Å². The smallest absolute Gasteiger partial charge is 0.121 e. The highest BCUT2D eigenvalue weighted by Gasteiger charge is 2.19. The Morgan fingerprint density at radius 2 is 0.368 bits per heavy atom. The molecule has 0 aliphatic carbocycles. The van der Waals surface area contributed by atoms with E-state index in [-0.39, 0.29) is 0 Å². The van der Waals surface area contributed by atoms with Crippen LogP contribution in [0.15, 0.2) is 437 Å². The lowest BCUT2D eigenvalue weighted by Crippen LogP contribution is -1.98. The van der Waals surface area contributed by atoms with Gasteiger partial charge in [0.2, 0.25) is 0 Å². The lowest BCUT2D eigenvalue weighted by atomic mass is 9.94. The first-order valence-corrected chi connectivity index (χ1v) is 38.3. The zero-order valence-electron chi connectivity index (χ0n) is 62.1. The third-order valence-electron chi connectivity index (χ3n) is 21.3. The van der Waals surface area contributed by atoms with Crippen LogP contribution in [0.5, 0.6) is 0 Å². The van der Waals surface area contributed by atoms with Gasteiger partial charge in [0.1, 0.15) is 22.1 Å². The van der Waals surface area contributed by atoms with Gasteiger partial charge in [-0.15, -0.1) is 20.4 Å². The Kier molecular flexibility index (Phi) is 19.0. The predicted octanol–water partition coefficient (Wildman–Crippen LogP) is 27.0. The Balaban J connectivity index is 0.000000153. The Bertz CT molecular complexity index is 6250. The molecule has 20 aromatic rings. The quantitative estimate of drug-likeness (QED) is 0.0958. The molecule has 0 atom stereocenters. The number of aromatic nitrogens is 8. The number of hydrogen-bond acceptors (Lipinski definition) is 6. The van der Waals surface area contributed by atoms with Crippen molar-refractivity contribution in [2.75, 3.05) is 0 Å². The molecular weight excluding hydrogens is 1390 g/mol. The maximum atomic E-state index is 5.09. The highest BCUT2D eigenvalue weighted by molar-refractivity contribution is 5.98. The molecule has 114 heavy (non-hydrogen) atoms. The second kappa shape index (κ2) is 31.3. The SMILES string of the molecule is c1ccc(-c2ccc(-c3ccc(-c4cc(-c5ccc(-c6ccc(-c7ccccc7)cc6)cc5)c5nn(-c6ccc(-c7cccnc7)cc6)nc5c4)cc3)cc2)cc1.c1ccc(-c2ccc(-c3ccc(-c4cc(-c5ccc(-c6ccc(-c7ccccc7)cc6)cc5)c5nn(-c6ccc(-c7ccncc7)cc6)nc5c4)cc3)cc2)cc1. The second-order valence-corrected chi connectivity index (χ2v) is 28.4. The molecule has 0 unspecified atom stereocenters. The van der Waals surface area contributed by atoms with E-state index in [2.05, 4.69) is 380 Å². The van der Waals surface area contributed by atoms with Crippen molar-refractivity contribution in [1.82, 2.24) is 40.0 Å². The van der Waals surface area contributed by atoms with Gasteiger partial charge in [0.05, 0.1) is 11.4 Å². The van der Waals surface area contributed by atoms with E-state index in [1.165, 1.54) is 77.9 Å². The maximum Gasteiger partial charge on any atom is 0.121 e. The van der Waals surface area contributed by atoms with E-state index in [1.54, 1.807) is 15.8 Å². The number of benzene rings is 16. The van der Waals surface area contributed by atoms with E-state index < -0.39 is 0 Å². The summed E-state index contributed by atoms with van der Waals surface area (Å²) in [6.45, 7) is 0. The Hall–Kier alpha value is -15.4. The fourth-order valence-electron chi connectivity index (χ4n) is 15.0. The predicted molar refractivity (Wildman–Crippen MR) is 469 cm³/mol. The minimum atomic E-state index is 0.833. The molecule has 16 aromatic carbocycles. The first-order chi connectivity index (χ1) is 56.4. The van der Waals surface area contributed by atoms with Crippen LogP contribution in [-0.4, -0.2) is 40.0 Å². The van der Waals surface area contributed by atoms with Crippen molar-refractivity contribution in [3.8, 4) is 167 Å². The van der Waals surface area contributed by atoms with Gasteiger partial charge >= 0.3 is 0 Å². The monoisotopic (exact) mass is 1460 g/mol. The van der Waals surface area contributed by atoms with Crippen molar-refractivity contribution in [2.45, 2.75) is 0 Å². The fourth-order valence-corrected chi connectivity index (χ4v) is 15.0. The molecule has 4 aromatic heterocycles. The molecule has 0 radical (unpaired) electrons. The van der Waals surface area contributed by atoms with Crippen LogP contribution in [-0.2, 0) is 0 Å². The zero-order chi connectivity index (χ0) is 75.9. The molecule has 0 spiro atoms. The molecule has 0 bridgehead atoms. The van der Waals surface area contributed by atoms with Crippen molar-refractivity contribution in [3.63, 3.8) is 0 Å². The van der Waals surface area contributed by atoms with Gasteiger partial charge in [-0.05, 0) is 211 Å². The normalized spacial score (nSPS) is 11.2. The van der Waals surface area contributed by atoms with Crippen molar-refractivity contribution in [3.05, 3.63) is 437 Å². The third-order valence-corrected chi connectivity index (χ3v) is 21.3. The summed E-state index contributed by atoms with van der Waals surface area (Å²) in [4.78, 5) is 11.9. The van der Waals surface area contributed by atoms with E-state index in [4.69, 9.17) is 20.4 Å². The van der Waals surface area contributed by atoms with Crippen molar-refractivity contribution < 1.29 is 0 Å². The van der Waals surface area contributed by atoms with Gasteiger partial charge in [0.15, 0.2) is 0 Å².